The van der Waals surface area contributed by atoms with E-state index in [0.717, 1.165) is 17.7 Å². The summed E-state index contributed by atoms with van der Waals surface area (Å²) in [4.78, 5) is 5.74. The first kappa shape index (κ1) is 15.8. The van der Waals surface area contributed by atoms with Gasteiger partial charge in [0.2, 0.25) is 0 Å². The zero-order chi connectivity index (χ0) is 14.0. The summed E-state index contributed by atoms with van der Waals surface area (Å²) in [6, 6.07) is 4.24. The Kier molecular flexibility index (Phi) is 7.37. The Morgan fingerprint density at radius 3 is 2.50 bits per heavy atom. The molecule has 2 rings (SSSR count). The first-order valence-corrected chi connectivity index (χ1v) is 9.53. The predicted molar refractivity (Wildman–Crippen MR) is 91.7 cm³/mol. The summed E-state index contributed by atoms with van der Waals surface area (Å²) in [5.74, 6) is 1.12. The van der Waals surface area contributed by atoms with E-state index in [0.29, 0.717) is 0 Å². The number of aromatic nitrogens is 2. The minimum atomic E-state index is 1.09. The van der Waals surface area contributed by atoms with Crippen molar-refractivity contribution in [2.45, 2.75) is 51.5 Å². The SMILES string of the molecule is BrCCCCCCCCCn1ccnc1-c1cccs1. The van der Waals surface area contributed by atoms with E-state index in [1.54, 1.807) is 11.3 Å². The number of aryl methyl sites for hydroxylation is 1. The molecule has 110 valence electrons. The molecular weight excluding hydrogens is 332 g/mol. The Bertz CT molecular complexity index is 465. The van der Waals surface area contributed by atoms with Crippen molar-refractivity contribution in [2.24, 2.45) is 0 Å². The van der Waals surface area contributed by atoms with Gasteiger partial charge >= 0.3 is 0 Å². The maximum atomic E-state index is 4.48. The maximum Gasteiger partial charge on any atom is 0.149 e. The van der Waals surface area contributed by atoms with Crippen molar-refractivity contribution < 1.29 is 0 Å². The molecule has 0 bridgehead atoms. The molecule has 0 radical (unpaired) electrons. The molecule has 4 heteroatoms. The molecular formula is C16H23BrN2S. The van der Waals surface area contributed by atoms with Gasteiger partial charge in [-0.2, -0.15) is 0 Å². The van der Waals surface area contributed by atoms with Crippen molar-refractivity contribution in [3.8, 4) is 10.7 Å². The predicted octanol–water partition coefficient (Wildman–Crippen LogP) is 5.74. The fourth-order valence-corrected chi connectivity index (χ4v) is 3.51. The quantitative estimate of drug-likeness (QED) is 0.393. The molecule has 20 heavy (non-hydrogen) atoms. The fraction of sp³-hybridized carbons (Fsp3) is 0.562. The molecule has 2 aromatic rings. The highest BCUT2D eigenvalue weighted by Gasteiger charge is 2.05. The summed E-state index contributed by atoms with van der Waals surface area (Å²) in [5.41, 5.74) is 0. The summed E-state index contributed by atoms with van der Waals surface area (Å²) in [5, 5.41) is 3.26. The van der Waals surface area contributed by atoms with Crippen LogP contribution in [0, 0.1) is 0 Å². The number of thiophene rings is 1. The summed E-state index contributed by atoms with van der Waals surface area (Å²) in [6.07, 6.45) is 13.4. The summed E-state index contributed by atoms with van der Waals surface area (Å²) >= 11 is 5.24. The van der Waals surface area contributed by atoms with Crippen LogP contribution in [0.1, 0.15) is 44.9 Å². The number of nitrogens with zero attached hydrogens (tertiary/aromatic N) is 2. The molecule has 0 N–H and O–H groups in total. The minimum absolute atomic E-state index is 1.09. The lowest BCUT2D eigenvalue weighted by Gasteiger charge is -2.06. The topological polar surface area (TPSA) is 17.8 Å². The Morgan fingerprint density at radius 2 is 1.80 bits per heavy atom. The monoisotopic (exact) mass is 354 g/mol. The van der Waals surface area contributed by atoms with Crippen molar-refractivity contribution in [1.82, 2.24) is 9.55 Å². The van der Waals surface area contributed by atoms with Gasteiger partial charge < -0.3 is 4.57 Å². The van der Waals surface area contributed by atoms with E-state index in [1.165, 1.54) is 49.8 Å². The van der Waals surface area contributed by atoms with Crippen LogP contribution >= 0.6 is 27.3 Å². The molecule has 0 atom stereocenters. The lowest BCUT2D eigenvalue weighted by Crippen LogP contribution is -1.98. The van der Waals surface area contributed by atoms with E-state index in [9.17, 15) is 0 Å². The number of unbranched alkanes of at least 4 members (excludes halogenated alkanes) is 6. The van der Waals surface area contributed by atoms with Gasteiger partial charge in [-0.05, 0) is 24.3 Å². The van der Waals surface area contributed by atoms with Crippen LogP contribution in [0.25, 0.3) is 10.7 Å². The van der Waals surface area contributed by atoms with Crippen LogP contribution in [0.3, 0.4) is 0 Å². The van der Waals surface area contributed by atoms with Gasteiger partial charge in [0.25, 0.3) is 0 Å². The van der Waals surface area contributed by atoms with E-state index in [-0.39, 0.29) is 0 Å². The molecule has 0 amide bonds. The normalized spacial score (nSPS) is 11.1. The van der Waals surface area contributed by atoms with Crippen LogP contribution < -0.4 is 0 Å². The van der Waals surface area contributed by atoms with Crippen molar-refractivity contribution >= 4 is 27.3 Å². The highest BCUT2D eigenvalue weighted by atomic mass is 79.9. The second-order valence-electron chi connectivity index (χ2n) is 5.09. The summed E-state index contributed by atoms with van der Waals surface area (Å²) in [7, 11) is 0. The maximum absolute atomic E-state index is 4.48. The summed E-state index contributed by atoms with van der Waals surface area (Å²) in [6.45, 7) is 1.09. The van der Waals surface area contributed by atoms with Crippen LogP contribution in [-0.2, 0) is 6.54 Å². The molecule has 0 saturated carbocycles. The van der Waals surface area contributed by atoms with Crippen LogP contribution in [0.5, 0.6) is 0 Å². The lowest BCUT2D eigenvalue weighted by atomic mass is 10.1. The largest absolute Gasteiger partial charge is 0.330 e. The molecule has 0 spiro atoms. The molecule has 0 unspecified atom stereocenters. The fourth-order valence-electron chi connectivity index (χ4n) is 2.38. The van der Waals surface area contributed by atoms with Gasteiger partial charge in [0, 0.05) is 24.3 Å². The van der Waals surface area contributed by atoms with Gasteiger partial charge in [-0.25, -0.2) is 4.98 Å². The number of hydrogen-bond acceptors (Lipinski definition) is 2. The second-order valence-corrected chi connectivity index (χ2v) is 6.83. The van der Waals surface area contributed by atoms with Gasteiger partial charge in [0.1, 0.15) is 5.82 Å². The third-order valence-electron chi connectivity index (χ3n) is 3.49. The van der Waals surface area contributed by atoms with Gasteiger partial charge in [-0.3, -0.25) is 0 Å². The van der Waals surface area contributed by atoms with Gasteiger partial charge in [0.05, 0.1) is 4.88 Å². The lowest BCUT2D eigenvalue weighted by molar-refractivity contribution is 0.553. The Hall–Kier alpha value is -0.610. The average Bonchev–Trinajstić information content (AvgIpc) is 3.11. The molecule has 2 nitrogen and oxygen atoms in total. The molecule has 0 aromatic carbocycles. The molecule has 0 saturated heterocycles. The molecule has 0 aliphatic carbocycles. The number of alkyl halides is 1. The smallest absolute Gasteiger partial charge is 0.149 e. The zero-order valence-electron chi connectivity index (χ0n) is 11.9. The van der Waals surface area contributed by atoms with E-state index in [1.807, 2.05) is 6.20 Å². The van der Waals surface area contributed by atoms with Crippen molar-refractivity contribution in [3.63, 3.8) is 0 Å². The Labute approximate surface area is 134 Å². The second kappa shape index (κ2) is 9.35. The van der Waals surface area contributed by atoms with Gasteiger partial charge in [-0.15, -0.1) is 11.3 Å². The highest BCUT2D eigenvalue weighted by Crippen LogP contribution is 2.23. The highest BCUT2D eigenvalue weighted by molar-refractivity contribution is 9.09. The van der Waals surface area contributed by atoms with Crippen molar-refractivity contribution in [3.05, 3.63) is 29.9 Å². The summed E-state index contributed by atoms with van der Waals surface area (Å²) < 4.78 is 2.29. The van der Waals surface area contributed by atoms with Crippen LogP contribution in [-0.4, -0.2) is 14.9 Å². The first-order chi connectivity index (χ1) is 9.92. The number of halogens is 1. The van der Waals surface area contributed by atoms with Crippen molar-refractivity contribution in [2.75, 3.05) is 5.33 Å². The van der Waals surface area contributed by atoms with Gasteiger partial charge in [0.15, 0.2) is 0 Å². The van der Waals surface area contributed by atoms with E-state index in [2.05, 4.69) is 49.2 Å². The van der Waals surface area contributed by atoms with Crippen LogP contribution in [0.15, 0.2) is 29.9 Å². The van der Waals surface area contributed by atoms with Crippen LogP contribution in [0.4, 0.5) is 0 Å². The number of imidazole rings is 1. The molecule has 2 aromatic heterocycles. The Morgan fingerprint density at radius 1 is 1.05 bits per heavy atom. The van der Waals surface area contributed by atoms with E-state index in [4.69, 9.17) is 0 Å². The van der Waals surface area contributed by atoms with Gasteiger partial charge in [-0.1, -0.05) is 54.1 Å². The molecule has 0 aliphatic rings. The van der Waals surface area contributed by atoms with Crippen LogP contribution in [0.2, 0.25) is 0 Å². The number of rotatable bonds is 10. The molecule has 0 fully saturated rings. The third-order valence-corrected chi connectivity index (χ3v) is 4.92. The minimum Gasteiger partial charge on any atom is -0.330 e. The Balaban J connectivity index is 1.64. The molecule has 2 heterocycles. The molecule has 0 aliphatic heterocycles. The van der Waals surface area contributed by atoms with E-state index >= 15 is 0 Å². The zero-order valence-corrected chi connectivity index (χ0v) is 14.3. The third kappa shape index (κ3) is 5.06. The van der Waals surface area contributed by atoms with Crippen molar-refractivity contribution in [1.29, 1.82) is 0 Å². The standard InChI is InChI=1S/C16H23BrN2S/c17-10-6-4-2-1-3-5-7-12-19-13-11-18-16(19)15-9-8-14-20-15/h8-9,11,13-14H,1-7,10,12H2. The first-order valence-electron chi connectivity index (χ1n) is 7.53. The number of hydrogen-bond donors (Lipinski definition) is 0. The average molecular weight is 355 g/mol. The van der Waals surface area contributed by atoms with E-state index < -0.39 is 0 Å².